The molecule has 0 radical (unpaired) electrons. The number of nitro benzene ring substituents is 1. The van der Waals surface area contributed by atoms with Gasteiger partial charge >= 0.3 is 6.18 Å². The molecule has 0 bridgehead atoms. The lowest BCUT2D eigenvalue weighted by molar-refractivity contribution is -0.388. The molecule has 86 valence electrons. The summed E-state index contributed by atoms with van der Waals surface area (Å²) in [5.41, 5.74) is 0.995. The van der Waals surface area contributed by atoms with Crippen molar-refractivity contribution in [2.75, 3.05) is 0 Å². The number of nitrogens with two attached hydrogens (primary N) is 1. The van der Waals surface area contributed by atoms with Gasteiger partial charge in [0, 0.05) is 6.07 Å². The van der Waals surface area contributed by atoms with Crippen LogP contribution in [0.25, 0.3) is 0 Å². The van der Waals surface area contributed by atoms with Gasteiger partial charge < -0.3 is 5.73 Å². The van der Waals surface area contributed by atoms with Crippen molar-refractivity contribution < 1.29 is 22.9 Å². The van der Waals surface area contributed by atoms with Crippen LogP contribution in [-0.4, -0.2) is 10.8 Å². The van der Waals surface area contributed by atoms with Gasteiger partial charge in [-0.25, -0.2) is 0 Å². The van der Waals surface area contributed by atoms with E-state index in [0.29, 0.717) is 6.07 Å². The first kappa shape index (κ1) is 12.0. The van der Waals surface area contributed by atoms with E-state index in [1.54, 1.807) is 0 Å². The molecular formula is C8H5F3N2O3. The third-order valence-corrected chi connectivity index (χ3v) is 1.79. The van der Waals surface area contributed by atoms with Crippen LogP contribution in [-0.2, 0) is 6.18 Å². The van der Waals surface area contributed by atoms with Crippen molar-refractivity contribution in [2.45, 2.75) is 6.18 Å². The fourth-order valence-corrected chi connectivity index (χ4v) is 1.20. The third-order valence-electron chi connectivity index (χ3n) is 1.79. The number of halogens is 3. The average molecular weight is 234 g/mol. The number of nitro groups is 1. The summed E-state index contributed by atoms with van der Waals surface area (Å²) in [6.07, 6.45) is -5.01. The number of primary amides is 1. The number of carbonyl (C=O) groups is 1. The summed E-state index contributed by atoms with van der Waals surface area (Å²) in [5, 5.41) is 10.4. The van der Waals surface area contributed by atoms with Crippen LogP contribution < -0.4 is 5.73 Å². The maximum Gasteiger partial charge on any atom is 0.423 e. The fraction of sp³-hybridized carbons (Fsp3) is 0.125. The Bertz CT molecular complexity index is 424. The van der Waals surface area contributed by atoms with Gasteiger partial charge in [0.05, 0.1) is 10.5 Å². The number of nitrogens with zero attached hydrogens (tertiary/aromatic N) is 1. The summed E-state index contributed by atoms with van der Waals surface area (Å²) in [4.78, 5) is 19.9. The van der Waals surface area contributed by atoms with E-state index in [9.17, 15) is 28.1 Å². The van der Waals surface area contributed by atoms with Crippen LogP contribution in [0, 0.1) is 10.1 Å². The maximum atomic E-state index is 12.5. The average Bonchev–Trinajstić information content (AvgIpc) is 2.15. The Morgan fingerprint density at radius 2 is 1.94 bits per heavy atom. The van der Waals surface area contributed by atoms with E-state index in [2.05, 4.69) is 0 Å². The van der Waals surface area contributed by atoms with E-state index in [4.69, 9.17) is 5.73 Å². The van der Waals surface area contributed by atoms with Crippen molar-refractivity contribution in [3.63, 3.8) is 0 Å². The standard InChI is InChI=1S/C8H5F3N2O3/c9-8(10,11)6-4(7(12)14)2-1-3-5(6)13(15)16/h1-3H,(H2,12,14). The lowest BCUT2D eigenvalue weighted by Gasteiger charge is -2.10. The quantitative estimate of drug-likeness (QED) is 0.624. The van der Waals surface area contributed by atoms with Gasteiger partial charge in [0.2, 0.25) is 5.91 Å². The molecule has 0 unspecified atom stereocenters. The van der Waals surface area contributed by atoms with Crippen LogP contribution in [0.4, 0.5) is 18.9 Å². The van der Waals surface area contributed by atoms with E-state index < -0.39 is 33.8 Å². The van der Waals surface area contributed by atoms with Gasteiger partial charge in [-0.15, -0.1) is 0 Å². The van der Waals surface area contributed by atoms with Gasteiger partial charge in [-0.1, -0.05) is 6.07 Å². The fourth-order valence-electron chi connectivity index (χ4n) is 1.20. The highest BCUT2D eigenvalue weighted by atomic mass is 19.4. The zero-order valence-corrected chi connectivity index (χ0v) is 7.62. The number of hydrogen-bond donors (Lipinski definition) is 1. The summed E-state index contributed by atoms with van der Waals surface area (Å²) in [5.74, 6) is -1.36. The molecule has 1 aromatic rings. The van der Waals surface area contributed by atoms with E-state index >= 15 is 0 Å². The van der Waals surface area contributed by atoms with E-state index in [1.165, 1.54) is 0 Å². The van der Waals surface area contributed by atoms with E-state index in [0.717, 1.165) is 12.1 Å². The first-order valence-electron chi connectivity index (χ1n) is 3.89. The van der Waals surface area contributed by atoms with Gasteiger partial charge in [0.15, 0.2) is 0 Å². The molecule has 1 rings (SSSR count). The minimum absolute atomic E-state index is 0.662. The predicted molar refractivity (Wildman–Crippen MR) is 46.6 cm³/mol. The Morgan fingerprint density at radius 1 is 1.38 bits per heavy atom. The molecule has 0 aliphatic rings. The monoisotopic (exact) mass is 234 g/mol. The van der Waals surface area contributed by atoms with Gasteiger partial charge in [0.25, 0.3) is 5.69 Å². The Labute approximate surface area is 86.8 Å². The van der Waals surface area contributed by atoms with Crippen LogP contribution in [0.2, 0.25) is 0 Å². The van der Waals surface area contributed by atoms with Crippen LogP contribution in [0.15, 0.2) is 18.2 Å². The summed E-state index contributed by atoms with van der Waals surface area (Å²) in [7, 11) is 0. The minimum atomic E-state index is -5.01. The zero-order chi connectivity index (χ0) is 12.5. The van der Waals surface area contributed by atoms with Crippen molar-refractivity contribution in [1.29, 1.82) is 0 Å². The predicted octanol–water partition coefficient (Wildman–Crippen LogP) is 1.71. The lowest BCUT2D eigenvalue weighted by atomic mass is 10.0. The van der Waals surface area contributed by atoms with Crippen LogP contribution in [0.1, 0.15) is 15.9 Å². The number of hydrogen-bond acceptors (Lipinski definition) is 3. The molecule has 8 heteroatoms. The molecule has 0 atom stereocenters. The normalized spacial score (nSPS) is 11.2. The smallest absolute Gasteiger partial charge is 0.366 e. The Morgan fingerprint density at radius 3 is 2.31 bits per heavy atom. The summed E-state index contributed by atoms with van der Waals surface area (Å²) in [6, 6.07) is 2.42. The molecule has 1 aromatic carbocycles. The summed E-state index contributed by atoms with van der Waals surface area (Å²) in [6.45, 7) is 0. The van der Waals surface area contributed by atoms with E-state index in [-0.39, 0.29) is 0 Å². The van der Waals surface area contributed by atoms with Crippen LogP contribution >= 0.6 is 0 Å². The molecule has 16 heavy (non-hydrogen) atoms. The lowest BCUT2D eigenvalue weighted by Crippen LogP contribution is -2.20. The molecule has 0 saturated heterocycles. The Balaban J connectivity index is 3.60. The second-order valence-electron chi connectivity index (χ2n) is 2.82. The molecule has 5 nitrogen and oxygen atoms in total. The molecular weight excluding hydrogens is 229 g/mol. The third kappa shape index (κ3) is 2.10. The number of benzene rings is 1. The molecule has 0 aliphatic heterocycles. The van der Waals surface area contributed by atoms with Crippen LogP contribution in [0.3, 0.4) is 0 Å². The van der Waals surface area contributed by atoms with Gasteiger partial charge in [-0.3, -0.25) is 14.9 Å². The van der Waals surface area contributed by atoms with Crippen molar-refractivity contribution in [1.82, 2.24) is 0 Å². The first-order valence-corrected chi connectivity index (χ1v) is 3.89. The highest BCUT2D eigenvalue weighted by molar-refractivity contribution is 5.95. The molecule has 2 N–H and O–H groups in total. The van der Waals surface area contributed by atoms with Crippen molar-refractivity contribution in [3.05, 3.63) is 39.4 Å². The number of carbonyl (C=O) groups excluding carboxylic acids is 1. The van der Waals surface area contributed by atoms with E-state index in [1.807, 2.05) is 0 Å². The van der Waals surface area contributed by atoms with Gasteiger partial charge in [0.1, 0.15) is 5.56 Å². The molecule has 0 aliphatic carbocycles. The Hall–Kier alpha value is -2.12. The SMILES string of the molecule is NC(=O)c1cccc([N+](=O)[O-])c1C(F)(F)F. The van der Waals surface area contributed by atoms with Crippen molar-refractivity contribution in [2.24, 2.45) is 5.73 Å². The number of rotatable bonds is 2. The molecule has 1 amide bonds. The first-order chi connectivity index (χ1) is 7.25. The minimum Gasteiger partial charge on any atom is -0.366 e. The number of amides is 1. The van der Waals surface area contributed by atoms with Gasteiger partial charge in [-0.05, 0) is 6.07 Å². The van der Waals surface area contributed by atoms with Crippen molar-refractivity contribution in [3.8, 4) is 0 Å². The molecule has 0 aromatic heterocycles. The molecule has 0 fully saturated rings. The highest BCUT2D eigenvalue weighted by Crippen LogP contribution is 2.38. The van der Waals surface area contributed by atoms with Crippen LogP contribution in [0.5, 0.6) is 0 Å². The topological polar surface area (TPSA) is 86.2 Å². The number of alkyl halides is 3. The zero-order valence-electron chi connectivity index (χ0n) is 7.62. The molecule has 0 heterocycles. The highest BCUT2D eigenvalue weighted by Gasteiger charge is 2.41. The van der Waals surface area contributed by atoms with Gasteiger partial charge in [-0.2, -0.15) is 13.2 Å². The maximum absolute atomic E-state index is 12.5. The second-order valence-corrected chi connectivity index (χ2v) is 2.82. The van der Waals surface area contributed by atoms with Crippen molar-refractivity contribution >= 4 is 11.6 Å². The Kier molecular flexibility index (Phi) is 2.84. The second kappa shape index (κ2) is 3.80. The largest absolute Gasteiger partial charge is 0.423 e. The molecule has 0 spiro atoms. The molecule has 0 saturated carbocycles. The summed E-state index contributed by atoms with van der Waals surface area (Å²) >= 11 is 0. The summed E-state index contributed by atoms with van der Waals surface area (Å²) < 4.78 is 37.6.